The number of nitrogens with zero attached hydrogens (tertiary/aromatic N) is 1. The number of benzene rings is 1. The highest BCUT2D eigenvalue weighted by atomic mass is 35.5. The number of hydrogen-bond donors (Lipinski definition) is 0. The fourth-order valence-corrected chi connectivity index (χ4v) is 6.43. The molecule has 0 aliphatic heterocycles. The molecule has 2 saturated carbocycles. The number of hydrogen-bond acceptors (Lipinski definition) is 6. The van der Waals surface area contributed by atoms with E-state index in [2.05, 4.69) is 19.0 Å². The predicted molar refractivity (Wildman–Crippen MR) is 148 cm³/mol. The van der Waals surface area contributed by atoms with Crippen molar-refractivity contribution in [3.05, 3.63) is 51.4 Å². The molecule has 0 radical (unpaired) electrons. The van der Waals surface area contributed by atoms with Crippen LogP contribution in [-0.2, 0) is 25.5 Å². The van der Waals surface area contributed by atoms with Gasteiger partial charge in [-0.05, 0) is 79.9 Å². The molecule has 0 saturated heterocycles. The molecule has 38 heavy (non-hydrogen) atoms. The summed E-state index contributed by atoms with van der Waals surface area (Å²) in [5.74, 6) is 2.11. The average molecular weight is 544 g/mol. The molecule has 7 heteroatoms. The van der Waals surface area contributed by atoms with E-state index in [4.69, 9.17) is 25.6 Å². The van der Waals surface area contributed by atoms with Crippen LogP contribution in [0.15, 0.2) is 22.7 Å². The number of esters is 1. The molecule has 0 N–H and O–H groups in total. The first-order valence-corrected chi connectivity index (χ1v) is 14.3. The largest absolute Gasteiger partial charge is 0.469 e. The lowest BCUT2D eigenvalue weighted by atomic mass is 9.66. The quantitative estimate of drug-likeness (QED) is 0.232. The highest BCUT2D eigenvalue weighted by Gasteiger charge is 2.42. The van der Waals surface area contributed by atoms with E-state index >= 15 is 0 Å². The summed E-state index contributed by atoms with van der Waals surface area (Å²) in [4.78, 5) is 25.3. The monoisotopic (exact) mass is 543 g/mol. The maximum atomic E-state index is 13.2. The topological polar surface area (TPSA) is 78.6 Å². The zero-order chi connectivity index (χ0) is 27.4. The van der Waals surface area contributed by atoms with Crippen molar-refractivity contribution in [3.63, 3.8) is 0 Å². The van der Waals surface area contributed by atoms with Gasteiger partial charge in [0.05, 0.1) is 19.4 Å². The van der Waals surface area contributed by atoms with Crippen molar-refractivity contribution in [2.45, 2.75) is 96.3 Å². The van der Waals surface area contributed by atoms with E-state index in [0.29, 0.717) is 35.6 Å². The maximum Gasteiger partial charge on any atom is 0.305 e. The van der Waals surface area contributed by atoms with Crippen molar-refractivity contribution in [1.29, 1.82) is 0 Å². The van der Waals surface area contributed by atoms with E-state index in [1.165, 1.54) is 12.7 Å². The Hall–Kier alpha value is -2.18. The molecule has 0 unspecified atom stereocenters. The molecule has 4 rings (SSSR count). The molecule has 208 valence electrons. The normalized spacial score (nSPS) is 20.2. The lowest BCUT2D eigenvalue weighted by molar-refractivity contribution is -0.141. The van der Waals surface area contributed by atoms with Gasteiger partial charge in [0.25, 0.3) is 0 Å². The number of Topliss-reactive ketones (excluding diaryl/α,β-unsaturated/α-hetero) is 1. The van der Waals surface area contributed by atoms with Crippen LogP contribution >= 0.6 is 11.6 Å². The molecule has 2 aliphatic carbocycles. The van der Waals surface area contributed by atoms with Crippen LogP contribution in [0.2, 0.25) is 5.02 Å². The number of ether oxygens (including phenoxy) is 2. The average Bonchev–Trinajstić information content (AvgIpc) is 3.58. The fourth-order valence-electron chi connectivity index (χ4n) is 6.13. The third kappa shape index (κ3) is 7.26. The summed E-state index contributed by atoms with van der Waals surface area (Å²) < 4.78 is 16.4. The van der Waals surface area contributed by atoms with Crippen LogP contribution < -0.4 is 0 Å². The van der Waals surface area contributed by atoms with Crippen molar-refractivity contribution < 1.29 is 23.6 Å². The Kier molecular flexibility index (Phi) is 9.36. The minimum absolute atomic E-state index is 0.0843. The van der Waals surface area contributed by atoms with Crippen LogP contribution in [-0.4, -0.2) is 37.7 Å². The van der Waals surface area contributed by atoms with Crippen molar-refractivity contribution >= 4 is 23.4 Å². The van der Waals surface area contributed by atoms with Crippen molar-refractivity contribution in [3.8, 4) is 0 Å². The molecular formula is C31H42ClNO5. The molecule has 2 aliphatic rings. The van der Waals surface area contributed by atoms with E-state index in [1.807, 2.05) is 25.1 Å². The molecule has 0 spiro atoms. The number of halogens is 1. The van der Waals surface area contributed by atoms with Crippen molar-refractivity contribution in [1.82, 2.24) is 5.16 Å². The van der Waals surface area contributed by atoms with E-state index in [-0.39, 0.29) is 35.9 Å². The molecule has 0 amide bonds. The van der Waals surface area contributed by atoms with Crippen LogP contribution in [0.25, 0.3) is 0 Å². The summed E-state index contributed by atoms with van der Waals surface area (Å²) in [6.07, 6.45) is 6.87. The number of aryl methyl sites for hydroxylation is 1. The number of carbonyl (C=O) groups is 2. The molecule has 1 aromatic carbocycles. The van der Waals surface area contributed by atoms with Gasteiger partial charge in [0.2, 0.25) is 0 Å². The third-order valence-electron chi connectivity index (χ3n) is 8.13. The zero-order valence-corrected chi connectivity index (χ0v) is 24.2. The lowest BCUT2D eigenvalue weighted by Crippen LogP contribution is -2.30. The smallest absolute Gasteiger partial charge is 0.305 e. The Morgan fingerprint density at radius 3 is 2.55 bits per heavy atom. The maximum absolute atomic E-state index is 13.2. The lowest BCUT2D eigenvalue weighted by Gasteiger charge is -2.39. The minimum Gasteiger partial charge on any atom is -0.469 e. The molecule has 1 heterocycles. The minimum atomic E-state index is -0.277. The summed E-state index contributed by atoms with van der Waals surface area (Å²) in [5, 5.41) is 5.19. The summed E-state index contributed by atoms with van der Waals surface area (Å²) in [7, 11) is 3.16. The Labute approximate surface area is 231 Å². The van der Waals surface area contributed by atoms with Gasteiger partial charge in [-0.2, -0.15) is 0 Å². The molecule has 0 bridgehead atoms. The van der Waals surface area contributed by atoms with Crippen LogP contribution in [0, 0.1) is 18.3 Å². The molecule has 2 aromatic rings. The first-order valence-electron chi connectivity index (χ1n) is 13.9. The van der Waals surface area contributed by atoms with E-state index in [1.54, 1.807) is 7.11 Å². The molecule has 1 aromatic heterocycles. The number of ketones is 1. The molecule has 1 atom stereocenters. The van der Waals surface area contributed by atoms with E-state index in [0.717, 1.165) is 61.3 Å². The van der Waals surface area contributed by atoms with Gasteiger partial charge < -0.3 is 14.0 Å². The van der Waals surface area contributed by atoms with Gasteiger partial charge in [-0.3, -0.25) is 9.59 Å². The Balaban J connectivity index is 1.50. The second-order valence-electron chi connectivity index (χ2n) is 12.3. The van der Waals surface area contributed by atoms with Gasteiger partial charge in [0.1, 0.15) is 11.5 Å². The Bertz CT molecular complexity index is 1130. The molecule has 2 fully saturated rings. The zero-order valence-electron chi connectivity index (χ0n) is 23.5. The first-order chi connectivity index (χ1) is 18.1. The highest BCUT2D eigenvalue weighted by molar-refractivity contribution is 6.31. The third-order valence-corrected chi connectivity index (χ3v) is 8.49. The van der Waals surface area contributed by atoms with Gasteiger partial charge in [0, 0.05) is 48.8 Å². The SMILES string of the molecule is COCC(C)(C)CC1CC(c2onc([C@@H](CCC(=O)OC)CC(=O)Cc3ccc(C)cc3Cl)c2C2CC2)C1. The van der Waals surface area contributed by atoms with Crippen LogP contribution in [0.1, 0.15) is 111 Å². The Morgan fingerprint density at radius 1 is 1.18 bits per heavy atom. The van der Waals surface area contributed by atoms with Crippen molar-refractivity contribution in [2.24, 2.45) is 11.3 Å². The van der Waals surface area contributed by atoms with Gasteiger partial charge >= 0.3 is 5.97 Å². The van der Waals surface area contributed by atoms with Crippen LogP contribution in [0.3, 0.4) is 0 Å². The number of aromatic nitrogens is 1. The first kappa shape index (κ1) is 28.8. The molecule has 6 nitrogen and oxygen atoms in total. The highest BCUT2D eigenvalue weighted by Crippen LogP contribution is 2.53. The summed E-state index contributed by atoms with van der Waals surface area (Å²) >= 11 is 6.41. The number of methoxy groups -OCH3 is 2. The van der Waals surface area contributed by atoms with E-state index in [9.17, 15) is 9.59 Å². The second-order valence-corrected chi connectivity index (χ2v) is 12.7. The predicted octanol–water partition coefficient (Wildman–Crippen LogP) is 7.31. The van der Waals surface area contributed by atoms with Gasteiger partial charge in [-0.15, -0.1) is 0 Å². The number of carbonyl (C=O) groups excluding carboxylic acids is 2. The van der Waals surface area contributed by atoms with Gasteiger partial charge in [-0.25, -0.2) is 0 Å². The van der Waals surface area contributed by atoms with Crippen LogP contribution in [0.5, 0.6) is 0 Å². The standard InChI is InChI=1S/C31H42ClNO5/c1-19-6-7-22(26(32)12-19)15-25(34)16-23(10-11-27(35)37-5)29-28(21-8-9-21)30(38-33-29)24-13-20(14-24)17-31(2,3)18-36-4/h6-7,12,20-21,23-24H,8-11,13-18H2,1-5H3/t20?,23-,24?/m0/s1. The van der Waals surface area contributed by atoms with E-state index < -0.39 is 0 Å². The van der Waals surface area contributed by atoms with Crippen LogP contribution in [0.4, 0.5) is 0 Å². The Morgan fingerprint density at radius 2 is 1.92 bits per heavy atom. The summed E-state index contributed by atoms with van der Waals surface area (Å²) in [6, 6.07) is 5.78. The second kappa shape index (κ2) is 12.3. The molecular weight excluding hydrogens is 502 g/mol. The van der Waals surface area contributed by atoms with Gasteiger partial charge in [-0.1, -0.05) is 42.7 Å². The fraction of sp³-hybridized carbons (Fsp3) is 0.645. The number of rotatable bonds is 14. The summed E-state index contributed by atoms with van der Waals surface area (Å²) in [5.41, 5.74) is 4.13. The van der Waals surface area contributed by atoms with Gasteiger partial charge in [0.15, 0.2) is 0 Å². The summed E-state index contributed by atoms with van der Waals surface area (Å²) in [6.45, 7) is 7.27. The van der Waals surface area contributed by atoms with Crippen molar-refractivity contribution in [2.75, 3.05) is 20.8 Å².